The minimum Gasteiger partial charge on any atom is -0.326 e. The van der Waals surface area contributed by atoms with Crippen LogP contribution in [-0.2, 0) is 21.2 Å². The maximum Gasteiger partial charge on any atom is 0.243 e. The summed E-state index contributed by atoms with van der Waals surface area (Å²) in [6.07, 6.45) is 4.02. The normalized spacial score (nSPS) is 11.5. The molecular weight excluding hydrogens is 326 g/mol. The average Bonchev–Trinajstić information content (AvgIpc) is 2.56. The Morgan fingerprint density at radius 1 is 1.12 bits per heavy atom. The minimum absolute atomic E-state index is 0.196. The maximum absolute atomic E-state index is 12.7. The molecule has 1 heterocycles. The highest BCUT2D eigenvalue weighted by molar-refractivity contribution is 7.89. The number of rotatable bonds is 7. The quantitative estimate of drug-likeness (QED) is 0.833. The van der Waals surface area contributed by atoms with E-state index in [1.54, 1.807) is 24.5 Å². The highest BCUT2D eigenvalue weighted by atomic mass is 32.2. The first kappa shape index (κ1) is 18.1. The summed E-state index contributed by atoms with van der Waals surface area (Å²) in [5.41, 5.74) is 1.61. The van der Waals surface area contributed by atoms with Gasteiger partial charge in [-0.15, -0.1) is 0 Å². The van der Waals surface area contributed by atoms with E-state index in [1.807, 2.05) is 19.1 Å². The molecule has 0 spiro atoms. The lowest BCUT2D eigenvalue weighted by atomic mass is 10.2. The molecule has 1 aromatic heterocycles. The maximum atomic E-state index is 12.7. The molecule has 0 aliphatic rings. The molecule has 0 aliphatic heterocycles. The number of amides is 1. The van der Waals surface area contributed by atoms with Gasteiger partial charge >= 0.3 is 0 Å². The van der Waals surface area contributed by atoms with E-state index in [-0.39, 0.29) is 10.8 Å². The molecule has 24 heavy (non-hydrogen) atoms. The Morgan fingerprint density at radius 2 is 1.75 bits per heavy atom. The van der Waals surface area contributed by atoms with Crippen molar-refractivity contribution in [1.29, 1.82) is 0 Å². The van der Waals surface area contributed by atoms with E-state index in [2.05, 4.69) is 10.3 Å². The molecule has 128 valence electrons. The van der Waals surface area contributed by atoms with Gasteiger partial charge in [0.05, 0.1) is 4.90 Å². The van der Waals surface area contributed by atoms with Gasteiger partial charge in [0.1, 0.15) is 0 Å². The van der Waals surface area contributed by atoms with Crippen LogP contribution in [0.15, 0.2) is 53.7 Å². The fraction of sp³-hybridized carbons (Fsp3) is 0.294. The van der Waals surface area contributed by atoms with Gasteiger partial charge in [-0.1, -0.05) is 6.92 Å². The van der Waals surface area contributed by atoms with Crippen molar-refractivity contribution in [3.63, 3.8) is 0 Å². The molecule has 1 N–H and O–H groups in total. The number of nitrogens with zero attached hydrogens (tertiary/aromatic N) is 2. The Hall–Kier alpha value is -2.25. The van der Waals surface area contributed by atoms with Crippen molar-refractivity contribution in [2.45, 2.75) is 25.2 Å². The van der Waals surface area contributed by atoms with E-state index in [4.69, 9.17) is 0 Å². The van der Waals surface area contributed by atoms with Crippen LogP contribution in [-0.4, -0.2) is 36.7 Å². The third kappa shape index (κ3) is 4.62. The third-order valence-electron chi connectivity index (χ3n) is 3.56. The van der Waals surface area contributed by atoms with Gasteiger partial charge in [0, 0.05) is 38.1 Å². The van der Waals surface area contributed by atoms with Crippen LogP contribution >= 0.6 is 0 Å². The highest BCUT2D eigenvalue weighted by Gasteiger charge is 2.22. The van der Waals surface area contributed by atoms with Crippen molar-refractivity contribution in [3.8, 4) is 0 Å². The Kier molecular flexibility index (Phi) is 6.05. The number of hydrogen-bond acceptors (Lipinski definition) is 4. The van der Waals surface area contributed by atoms with E-state index in [0.29, 0.717) is 25.2 Å². The first-order valence-corrected chi connectivity index (χ1v) is 9.14. The van der Waals surface area contributed by atoms with Crippen molar-refractivity contribution >= 4 is 21.6 Å². The first-order valence-electron chi connectivity index (χ1n) is 7.70. The molecule has 1 amide bonds. The van der Waals surface area contributed by atoms with Crippen LogP contribution in [0.1, 0.15) is 19.4 Å². The molecule has 0 unspecified atom stereocenters. The highest BCUT2D eigenvalue weighted by Crippen LogP contribution is 2.19. The van der Waals surface area contributed by atoms with Crippen LogP contribution < -0.4 is 5.32 Å². The molecule has 7 heteroatoms. The number of nitrogens with one attached hydrogen (secondary N) is 1. The summed E-state index contributed by atoms with van der Waals surface area (Å²) < 4.78 is 26.9. The predicted octanol–water partition coefficient (Wildman–Crippen LogP) is 2.29. The Labute approximate surface area is 142 Å². The van der Waals surface area contributed by atoms with Crippen molar-refractivity contribution in [1.82, 2.24) is 9.29 Å². The zero-order chi connectivity index (χ0) is 17.6. The van der Waals surface area contributed by atoms with Crippen LogP contribution in [0.3, 0.4) is 0 Å². The minimum atomic E-state index is -3.56. The number of carbonyl (C=O) groups excluding carboxylic acids is 1. The van der Waals surface area contributed by atoms with Crippen molar-refractivity contribution in [2.24, 2.45) is 0 Å². The summed E-state index contributed by atoms with van der Waals surface area (Å²) in [6.45, 7) is 4.01. The molecule has 0 bridgehead atoms. The lowest BCUT2D eigenvalue weighted by Gasteiger charge is -2.20. The van der Waals surface area contributed by atoms with Crippen LogP contribution in [0.5, 0.6) is 0 Å². The monoisotopic (exact) mass is 347 g/mol. The van der Waals surface area contributed by atoms with Gasteiger partial charge in [0.2, 0.25) is 15.9 Å². The SMILES string of the molecule is CCN(CCc1ccncc1)S(=O)(=O)c1ccc(NC(C)=O)cc1. The van der Waals surface area contributed by atoms with Gasteiger partial charge in [-0.2, -0.15) is 4.31 Å². The van der Waals surface area contributed by atoms with E-state index >= 15 is 0 Å². The molecule has 2 rings (SSSR count). The second-order valence-electron chi connectivity index (χ2n) is 5.31. The molecule has 6 nitrogen and oxygen atoms in total. The number of hydrogen-bond donors (Lipinski definition) is 1. The van der Waals surface area contributed by atoms with Gasteiger partial charge < -0.3 is 5.32 Å². The standard InChI is InChI=1S/C17H21N3O3S/c1-3-20(13-10-15-8-11-18-12-9-15)24(22,23)17-6-4-16(5-7-17)19-14(2)21/h4-9,11-12H,3,10,13H2,1-2H3,(H,19,21). The molecule has 1 aromatic carbocycles. The topological polar surface area (TPSA) is 79.4 Å². The Bertz CT molecular complexity index is 774. The second kappa shape index (κ2) is 8.03. The van der Waals surface area contributed by atoms with Crippen LogP contribution in [0.4, 0.5) is 5.69 Å². The summed E-state index contributed by atoms with van der Waals surface area (Å²) in [5, 5.41) is 2.62. The van der Waals surface area contributed by atoms with Gasteiger partial charge in [0.25, 0.3) is 0 Å². The fourth-order valence-electron chi connectivity index (χ4n) is 2.31. The molecule has 2 aromatic rings. The molecule has 0 fully saturated rings. The number of carbonyl (C=O) groups is 1. The van der Waals surface area contributed by atoms with E-state index < -0.39 is 10.0 Å². The number of sulfonamides is 1. The summed E-state index contributed by atoms with van der Waals surface area (Å²) in [4.78, 5) is 15.2. The lowest BCUT2D eigenvalue weighted by molar-refractivity contribution is -0.114. The van der Waals surface area contributed by atoms with Crippen LogP contribution in [0, 0.1) is 0 Å². The summed E-state index contributed by atoms with van der Waals surface area (Å²) in [7, 11) is -3.56. The fourth-order valence-corrected chi connectivity index (χ4v) is 3.76. The van der Waals surface area contributed by atoms with E-state index in [1.165, 1.54) is 23.4 Å². The van der Waals surface area contributed by atoms with E-state index in [9.17, 15) is 13.2 Å². The molecule has 0 saturated carbocycles. The van der Waals surface area contributed by atoms with Gasteiger partial charge in [-0.05, 0) is 48.4 Å². The molecule has 0 saturated heterocycles. The predicted molar refractivity (Wildman–Crippen MR) is 93.1 cm³/mol. The van der Waals surface area contributed by atoms with Gasteiger partial charge in [-0.25, -0.2) is 8.42 Å². The number of pyridine rings is 1. The first-order chi connectivity index (χ1) is 11.4. The van der Waals surface area contributed by atoms with Crippen LogP contribution in [0.2, 0.25) is 0 Å². The average molecular weight is 347 g/mol. The van der Waals surface area contributed by atoms with Crippen LogP contribution in [0.25, 0.3) is 0 Å². The van der Waals surface area contributed by atoms with E-state index in [0.717, 1.165) is 5.56 Å². The molecule has 0 radical (unpaired) electrons. The number of anilines is 1. The number of likely N-dealkylation sites (N-methyl/N-ethyl adjacent to an activating group) is 1. The summed E-state index contributed by atoms with van der Waals surface area (Å²) in [5.74, 6) is -0.196. The molecule has 0 atom stereocenters. The van der Waals surface area contributed by atoms with Crippen molar-refractivity contribution in [3.05, 3.63) is 54.4 Å². The van der Waals surface area contributed by atoms with Crippen molar-refractivity contribution < 1.29 is 13.2 Å². The smallest absolute Gasteiger partial charge is 0.243 e. The van der Waals surface area contributed by atoms with Gasteiger partial charge in [0.15, 0.2) is 0 Å². The zero-order valence-electron chi connectivity index (χ0n) is 13.8. The van der Waals surface area contributed by atoms with Gasteiger partial charge in [-0.3, -0.25) is 9.78 Å². The number of benzene rings is 1. The summed E-state index contributed by atoms with van der Waals surface area (Å²) in [6, 6.07) is 9.95. The second-order valence-corrected chi connectivity index (χ2v) is 7.25. The number of aromatic nitrogens is 1. The lowest BCUT2D eigenvalue weighted by Crippen LogP contribution is -2.32. The van der Waals surface area contributed by atoms with Crippen molar-refractivity contribution in [2.75, 3.05) is 18.4 Å². The Morgan fingerprint density at radius 3 is 2.29 bits per heavy atom. The Balaban J connectivity index is 2.12. The largest absolute Gasteiger partial charge is 0.326 e. The zero-order valence-corrected chi connectivity index (χ0v) is 14.6. The summed E-state index contributed by atoms with van der Waals surface area (Å²) >= 11 is 0. The third-order valence-corrected chi connectivity index (χ3v) is 5.55. The molecule has 0 aliphatic carbocycles. The molecular formula is C17H21N3O3S.